The Morgan fingerprint density at radius 3 is 2.95 bits per heavy atom. The van der Waals surface area contributed by atoms with Gasteiger partial charge in [0.1, 0.15) is 0 Å². The molecule has 0 atom stereocenters. The van der Waals surface area contributed by atoms with Crippen molar-refractivity contribution < 1.29 is 19.9 Å². The second-order valence-corrected chi connectivity index (χ2v) is 4.16. The molecule has 1 rings (SSSR count). The highest BCUT2D eigenvalue weighted by Gasteiger charge is 2.17. The number of hydrogen-bond acceptors (Lipinski definition) is 5. The van der Waals surface area contributed by atoms with Crippen molar-refractivity contribution in [1.29, 1.82) is 0 Å². The maximum absolute atomic E-state index is 10.8. The maximum atomic E-state index is 10.8. The van der Waals surface area contributed by atoms with E-state index >= 15 is 0 Å². The number of nitrogens with zero attached hydrogens (tertiary/aromatic N) is 1. The van der Waals surface area contributed by atoms with Gasteiger partial charge in [0.05, 0.1) is 23.7 Å². The highest BCUT2D eigenvalue weighted by Crippen LogP contribution is 2.32. The third-order valence-electron chi connectivity index (χ3n) is 2.34. The molecule has 4 N–H and O–H groups in total. The smallest absolute Gasteiger partial charge is 0.274 e. The normalized spacial score (nSPS) is 10.1. The zero-order valence-electron chi connectivity index (χ0n) is 11.3. The SMILES string of the molecule is C=CCNC(=S)N[NH+]=Cc1cc([N+](=O)[O-])cc(OC)c1O. The summed E-state index contributed by atoms with van der Waals surface area (Å²) in [6, 6.07) is 2.34. The minimum atomic E-state index is -0.580. The lowest BCUT2D eigenvalue weighted by molar-refractivity contribution is -0.500. The molecular formula is C12H15N4O4S+. The number of thiocarbonyl (C=S) groups is 1. The van der Waals surface area contributed by atoms with Crippen molar-refractivity contribution in [2.45, 2.75) is 0 Å². The number of benzene rings is 1. The zero-order chi connectivity index (χ0) is 15.8. The Kier molecular flexibility index (Phi) is 6.08. The van der Waals surface area contributed by atoms with Crippen molar-refractivity contribution in [1.82, 2.24) is 10.7 Å². The van der Waals surface area contributed by atoms with Crippen LogP contribution >= 0.6 is 12.2 Å². The molecule has 1 aromatic rings. The number of phenolic OH excluding ortho intramolecular Hbond substituents is 1. The minimum absolute atomic E-state index is 0.00427. The summed E-state index contributed by atoms with van der Waals surface area (Å²) >= 11 is 4.94. The Bertz CT molecular complexity index is 589. The van der Waals surface area contributed by atoms with Crippen LogP contribution in [0.2, 0.25) is 0 Å². The molecule has 8 nitrogen and oxygen atoms in total. The van der Waals surface area contributed by atoms with E-state index in [1.165, 1.54) is 19.4 Å². The highest BCUT2D eigenvalue weighted by atomic mass is 32.1. The number of non-ortho nitro benzene ring substituents is 1. The molecule has 1 aromatic carbocycles. The Balaban J connectivity index is 2.91. The number of hydrazine groups is 1. The van der Waals surface area contributed by atoms with Gasteiger partial charge < -0.3 is 15.2 Å². The second kappa shape index (κ2) is 7.80. The summed E-state index contributed by atoms with van der Waals surface area (Å²) in [5.74, 6) is -0.216. The first-order valence-corrected chi connectivity index (χ1v) is 6.19. The van der Waals surface area contributed by atoms with E-state index in [4.69, 9.17) is 17.0 Å². The summed E-state index contributed by atoms with van der Waals surface area (Å²) in [4.78, 5) is 10.2. The summed E-state index contributed by atoms with van der Waals surface area (Å²) in [6.45, 7) is 4.02. The van der Waals surface area contributed by atoms with Crippen LogP contribution in [0.1, 0.15) is 5.56 Å². The molecule has 0 aliphatic heterocycles. The molecule has 0 aliphatic rings. The summed E-state index contributed by atoms with van der Waals surface area (Å²) in [7, 11) is 1.31. The van der Waals surface area contributed by atoms with E-state index in [0.717, 1.165) is 6.07 Å². The molecule has 0 unspecified atom stereocenters. The molecule has 0 aromatic heterocycles. The fourth-order valence-corrected chi connectivity index (χ4v) is 1.52. The molecule has 0 saturated carbocycles. The molecular weight excluding hydrogens is 296 g/mol. The lowest BCUT2D eigenvalue weighted by Gasteiger charge is -2.04. The average Bonchev–Trinajstić information content (AvgIpc) is 2.46. The molecule has 0 heterocycles. The Morgan fingerprint density at radius 2 is 2.38 bits per heavy atom. The summed E-state index contributed by atoms with van der Waals surface area (Å²) in [5, 5.41) is 26.4. The molecule has 0 saturated heterocycles. The molecule has 0 radical (unpaired) electrons. The number of rotatable bonds is 6. The number of aromatic hydroxyl groups is 1. The number of methoxy groups -OCH3 is 1. The first-order valence-electron chi connectivity index (χ1n) is 5.78. The van der Waals surface area contributed by atoms with Gasteiger partial charge in [-0.25, -0.2) is 0 Å². The zero-order valence-corrected chi connectivity index (χ0v) is 12.1. The molecule has 112 valence electrons. The van der Waals surface area contributed by atoms with Crippen molar-refractivity contribution in [3.63, 3.8) is 0 Å². The Hall–Kier alpha value is -2.68. The van der Waals surface area contributed by atoms with Crippen LogP contribution in [0.4, 0.5) is 5.69 Å². The van der Waals surface area contributed by atoms with Crippen molar-refractivity contribution in [3.8, 4) is 11.5 Å². The van der Waals surface area contributed by atoms with Crippen LogP contribution in [0.5, 0.6) is 11.5 Å². The monoisotopic (exact) mass is 311 g/mol. The van der Waals surface area contributed by atoms with E-state index < -0.39 is 4.92 Å². The van der Waals surface area contributed by atoms with Crippen LogP contribution in [0.25, 0.3) is 0 Å². The number of hydrazone groups is 1. The van der Waals surface area contributed by atoms with Gasteiger partial charge in [0.15, 0.2) is 11.5 Å². The van der Waals surface area contributed by atoms with Gasteiger partial charge in [-0.1, -0.05) is 6.08 Å². The minimum Gasteiger partial charge on any atom is -0.504 e. The highest BCUT2D eigenvalue weighted by molar-refractivity contribution is 7.80. The van der Waals surface area contributed by atoms with Gasteiger partial charge in [0.2, 0.25) is 11.3 Å². The number of phenols is 1. The van der Waals surface area contributed by atoms with Crippen molar-refractivity contribution in [2.24, 2.45) is 0 Å². The third-order valence-corrected chi connectivity index (χ3v) is 2.59. The van der Waals surface area contributed by atoms with Crippen molar-refractivity contribution in [2.75, 3.05) is 13.7 Å². The molecule has 0 fully saturated rings. The summed E-state index contributed by atoms with van der Waals surface area (Å²) < 4.78 is 4.89. The first-order chi connectivity index (χ1) is 9.99. The number of hydrogen-bond donors (Lipinski definition) is 4. The molecule has 0 amide bonds. The topological polar surface area (TPSA) is 111 Å². The number of nitrogens with one attached hydrogen (secondary N) is 3. The van der Waals surface area contributed by atoms with E-state index in [-0.39, 0.29) is 22.7 Å². The van der Waals surface area contributed by atoms with Crippen LogP contribution in [0.3, 0.4) is 0 Å². The molecule has 21 heavy (non-hydrogen) atoms. The average molecular weight is 311 g/mol. The molecule has 0 bridgehead atoms. The van der Waals surface area contributed by atoms with Crippen LogP contribution in [-0.4, -0.2) is 35.0 Å². The predicted molar refractivity (Wildman–Crippen MR) is 81.4 cm³/mol. The standard InChI is InChI=1S/C12H14N4O4S/c1-3-4-13-12(21)15-14-7-8-5-9(16(18)19)6-10(20-2)11(8)17/h3,5-7,17H,1,4H2,2H3,(H2,13,15,21)/p+1. The van der Waals surface area contributed by atoms with E-state index in [0.29, 0.717) is 11.7 Å². The van der Waals surface area contributed by atoms with E-state index in [2.05, 4.69) is 22.4 Å². The van der Waals surface area contributed by atoms with Gasteiger partial charge in [-0.2, -0.15) is 0 Å². The maximum Gasteiger partial charge on any atom is 0.274 e. The molecule has 9 heteroatoms. The first kappa shape index (κ1) is 16.4. The fourth-order valence-electron chi connectivity index (χ4n) is 1.37. The summed E-state index contributed by atoms with van der Waals surface area (Å²) in [5.41, 5.74) is 2.60. The van der Waals surface area contributed by atoms with Crippen LogP contribution in [0.15, 0.2) is 24.8 Å². The number of ether oxygens (including phenoxy) is 1. The van der Waals surface area contributed by atoms with Gasteiger partial charge in [0.25, 0.3) is 5.69 Å². The van der Waals surface area contributed by atoms with E-state index in [1.54, 1.807) is 6.08 Å². The number of nitro benzene ring substituents is 1. The van der Waals surface area contributed by atoms with Gasteiger partial charge in [-0.3, -0.25) is 10.1 Å². The summed E-state index contributed by atoms with van der Waals surface area (Å²) in [6.07, 6.45) is 2.96. The van der Waals surface area contributed by atoms with Crippen LogP contribution in [0, 0.1) is 10.1 Å². The molecule has 0 spiro atoms. The van der Waals surface area contributed by atoms with Gasteiger partial charge >= 0.3 is 0 Å². The van der Waals surface area contributed by atoms with Gasteiger partial charge in [-0.05, 0) is 12.2 Å². The van der Waals surface area contributed by atoms with Crippen molar-refractivity contribution >= 4 is 29.2 Å². The predicted octanol–water partition coefficient (Wildman–Crippen LogP) is -0.626. The Labute approximate surface area is 126 Å². The lowest BCUT2D eigenvalue weighted by Crippen LogP contribution is -2.82. The molecule has 0 aliphatic carbocycles. The third kappa shape index (κ3) is 4.73. The Morgan fingerprint density at radius 1 is 1.67 bits per heavy atom. The second-order valence-electron chi connectivity index (χ2n) is 3.76. The van der Waals surface area contributed by atoms with E-state index in [9.17, 15) is 15.2 Å². The lowest BCUT2D eigenvalue weighted by atomic mass is 10.2. The van der Waals surface area contributed by atoms with Gasteiger partial charge in [0, 0.05) is 12.6 Å². The van der Waals surface area contributed by atoms with Gasteiger partial charge in [-0.15, -0.1) is 17.1 Å². The quantitative estimate of drug-likeness (QED) is 0.182. The van der Waals surface area contributed by atoms with E-state index in [1.807, 2.05) is 0 Å². The van der Waals surface area contributed by atoms with Crippen LogP contribution < -0.4 is 20.6 Å². The van der Waals surface area contributed by atoms with Crippen LogP contribution in [-0.2, 0) is 0 Å². The number of nitro groups is 1. The largest absolute Gasteiger partial charge is 0.504 e. The fraction of sp³-hybridized carbons (Fsp3) is 0.167. The van der Waals surface area contributed by atoms with Crippen molar-refractivity contribution in [3.05, 3.63) is 40.5 Å².